The Morgan fingerprint density at radius 2 is 1.89 bits per heavy atom. The number of rotatable bonds is 3. The third kappa shape index (κ3) is 3.13. The topological polar surface area (TPSA) is 93.1 Å². The number of aromatic nitrogens is 4. The molecule has 28 heavy (non-hydrogen) atoms. The number of halogens is 1. The first-order valence-electron chi connectivity index (χ1n) is 9.52. The van der Waals surface area contributed by atoms with Gasteiger partial charge in [-0.25, -0.2) is 4.39 Å². The molecule has 2 saturated heterocycles. The Labute approximate surface area is 161 Å². The standard InChI is InChI=1S/C20H20FN5O2/c21-20-14-3-1-2-11(24-14)8-18(20)28-19-5-4-13(25-26-19)12-9-15-16(10-17(12)27)23-7-6-22-15/h4-7,9-11,14,18,20,24,27H,1-3,8H2/t11-,14+,18-,20+/m0/s1. The van der Waals surface area contributed by atoms with Crippen molar-refractivity contribution < 1.29 is 14.2 Å². The van der Waals surface area contributed by atoms with Crippen molar-refractivity contribution in [2.45, 2.75) is 50.0 Å². The average Bonchev–Trinajstić information content (AvgIpc) is 2.72. The maximum absolute atomic E-state index is 14.7. The van der Waals surface area contributed by atoms with E-state index in [0.29, 0.717) is 34.8 Å². The Kier molecular flexibility index (Phi) is 4.27. The van der Waals surface area contributed by atoms with Crippen LogP contribution >= 0.6 is 0 Å². The largest absolute Gasteiger partial charge is 0.507 e. The summed E-state index contributed by atoms with van der Waals surface area (Å²) in [6, 6.07) is 6.79. The molecule has 2 aromatic heterocycles. The molecule has 144 valence electrons. The first kappa shape index (κ1) is 17.2. The van der Waals surface area contributed by atoms with Crippen LogP contribution in [0.5, 0.6) is 11.6 Å². The van der Waals surface area contributed by atoms with Crippen LogP contribution in [0.25, 0.3) is 22.3 Å². The van der Waals surface area contributed by atoms with Crippen molar-refractivity contribution in [2.75, 3.05) is 0 Å². The molecule has 4 atom stereocenters. The van der Waals surface area contributed by atoms with E-state index >= 15 is 0 Å². The minimum absolute atomic E-state index is 0.0472. The number of benzene rings is 1. The molecule has 0 unspecified atom stereocenters. The molecule has 0 amide bonds. The van der Waals surface area contributed by atoms with Crippen LogP contribution in [-0.2, 0) is 0 Å². The summed E-state index contributed by atoms with van der Waals surface area (Å²) >= 11 is 0. The Morgan fingerprint density at radius 1 is 1.07 bits per heavy atom. The number of nitrogens with zero attached hydrogens (tertiary/aromatic N) is 4. The van der Waals surface area contributed by atoms with Crippen molar-refractivity contribution in [2.24, 2.45) is 0 Å². The molecule has 2 fully saturated rings. The van der Waals surface area contributed by atoms with Crippen LogP contribution in [0.15, 0.2) is 36.7 Å². The number of fused-ring (bicyclic) bond motifs is 3. The highest BCUT2D eigenvalue weighted by Crippen LogP contribution is 2.32. The lowest BCUT2D eigenvalue weighted by atomic mass is 9.84. The van der Waals surface area contributed by atoms with Crippen molar-refractivity contribution in [3.63, 3.8) is 0 Å². The quantitative estimate of drug-likeness (QED) is 0.721. The van der Waals surface area contributed by atoms with Gasteiger partial charge in [-0.15, -0.1) is 10.2 Å². The van der Waals surface area contributed by atoms with E-state index in [1.54, 1.807) is 36.7 Å². The summed E-state index contributed by atoms with van der Waals surface area (Å²) in [5.41, 5.74) is 2.24. The number of nitrogens with one attached hydrogen (secondary N) is 1. The Balaban J connectivity index is 1.37. The molecule has 0 saturated carbocycles. The van der Waals surface area contributed by atoms with Gasteiger partial charge in [0.05, 0.1) is 16.7 Å². The van der Waals surface area contributed by atoms with Crippen LogP contribution in [0, 0.1) is 0 Å². The normalized spacial score (nSPS) is 26.9. The maximum Gasteiger partial charge on any atom is 0.233 e. The lowest BCUT2D eigenvalue weighted by molar-refractivity contribution is 0.00652. The fraction of sp³-hybridized carbons (Fsp3) is 0.400. The van der Waals surface area contributed by atoms with Crippen molar-refractivity contribution in [3.8, 4) is 22.9 Å². The summed E-state index contributed by atoms with van der Waals surface area (Å²) < 4.78 is 20.5. The summed E-state index contributed by atoms with van der Waals surface area (Å²) in [5, 5.41) is 21.9. The summed E-state index contributed by atoms with van der Waals surface area (Å²) in [4.78, 5) is 8.41. The number of ether oxygens (including phenoxy) is 1. The van der Waals surface area contributed by atoms with E-state index in [2.05, 4.69) is 25.5 Å². The molecule has 5 rings (SSSR count). The second kappa shape index (κ2) is 6.94. The van der Waals surface area contributed by atoms with Crippen LogP contribution in [0.1, 0.15) is 25.7 Å². The van der Waals surface area contributed by atoms with Crippen LogP contribution in [0.2, 0.25) is 0 Å². The molecular weight excluding hydrogens is 361 g/mol. The highest BCUT2D eigenvalue weighted by molar-refractivity contribution is 5.84. The van der Waals surface area contributed by atoms with Gasteiger partial charge in [0.25, 0.3) is 0 Å². The van der Waals surface area contributed by atoms with Gasteiger partial charge in [-0.2, -0.15) is 0 Å². The number of hydrogen-bond donors (Lipinski definition) is 2. The molecule has 2 aliphatic rings. The van der Waals surface area contributed by atoms with E-state index in [1.165, 1.54) is 0 Å². The molecule has 0 radical (unpaired) electrons. The molecule has 3 aromatic rings. The van der Waals surface area contributed by atoms with E-state index in [4.69, 9.17) is 4.74 Å². The smallest absolute Gasteiger partial charge is 0.233 e. The molecule has 0 aliphatic carbocycles. The monoisotopic (exact) mass is 381 g/mol. The SMILES string of the molecule is Oc1cc2nccnc2cc1-c1ccc(O[C@H]2C[C@@H]3CCC[C@@H](N3)[C@H]2F)nn1. The molecule has 2 N–H and O–H groups in total. The highest BCUT2D eigenvalue weighted by Gasteiger charge is 2.41. The minimum Gasteiger partial charge on any atom is -0.507 e. The predicted octanol–water partition coefficient (Wildman–Crippen LogP) is 2.79. The van der Waals surface area contributed by atoms with Gasteiger partial charge in [-0.05, 0) is 25.0 Å². The Morgan fingerprint density at radius 3 is 2.68 bits per heavy atom. The maximum atomic E-state index is 14.7. The fourth-order valence-electron chi connectivity index (χ4n) is 4.16. The summed E-state index contributed by atoms with van der Waals surface area (Å²) in [5.74, 6) is 0.336. The van der Waals surface area contributed by atoms with E-state index in [9.17, 15) is 9.50 Å². The van der Waals surface area contributed by atoms with E-state index in [-0.39, 0.29) is 17.7 Å². The number of aromatic hydroxyl groups is 1. The molecule has 1 aromatic carbocycles. The van der Waals surface area contributed by atoms with Crippen molar-refractivity contribution in [1.29, 1.82) is 0 Å². The van der Waals surface area contributed by atoms with Crippen molar-refractivity contribution >= 4 is 11.0 Å². The molecule has 8 heteroatoms. The molecule has 2 aliphatic heterocycles. The van der Waals surface area contributed by atoms with Crippen LogP contribution in [0.3, 0.4) is 0 Å². The van der Waals surface area contributed by atoms with Crippen LogP contribution in [0.4, 0.5) is 4.39 Å². The molecule has 0 spiro atoms. The van der Waals surface area contributed by atoms with Gasteiger partial charge < -0.3 is 15.2 Å². The molecule has 7 nitrogen and oxygen atoms in total. The number of phenolic OH excluding ortho intramolecular Hbond substituents is 1. The Hall–Kier alpha value is -2.87. The van der Waals surface area contributed by atoms with Gasteiger partial charge in [0, 0.05) is 48.6 Å². The van der Waals surface area contributed by atoms with Gasteiger partial charge in [0.2, 0.25) is 5.88 Å². The second-order valence-electron chi connectivity index (χ2n) is 7.41. The number of piperidine rings is 2. The average molecular weight is 381 g/mol. The van der Waals surface area contributed by atoms with Gasteiger partial charge in [-0.1, -0.05) is 6.42 Å². The third-order valence-electron chi connectivity index (χ3n) is 5.55. The van der Waals surface area contributed by atoms with Crippen molar-refractivity contribution in [1.82, 2.24) is 25.5 Å². The highest BCUT2D eigenvalue weighted by atomic mass is 19.1. The van der Waals surface area contributed by atoms with Crippen molar-refractivity contribution in [3.05, 3.63) is 36.7 Å². The molecule has 4 heterocycles. The second-order valence-corrected chi connectivity index (χ2v) is 7.41. The fourth-order valence-corrected chi connectivity index (χ4v) is 4.16. The zero-order chi connectivity index (χ0) is 19.1. The predicted molar refractivity (Wildman–Crippen MR) is 101 cm³/mol. The zero-order valence-electron chi connectivity index (χ0n) is 15.1. The van der Waals surface area contributed by atoms with Gasteiger partial charge >= 0.3 is 0 Å². The van der Waals surface area contributed by atoms with Crippen LogP contribution < -0.4 is 10.1 Å². The zero-order valence-corrected chi connectivity index (χ0v) is 15.1. The number of hydrogen-bond acceptors (Lipinski definition) is 7. The van der Waals surface area contributed by atoms with Crippen LogP contribution in [-0.4, -0.2) is 49.6 Å². The van der Waals surface area contributed by atoms with Gasteiger partial charge in [-0.3, -0.25) is 9.97 Å². The molecular formula is C20H20FN5O2. The van der Waals surface area contributed by atoms with E-state index in [1.807, 2.05) is 0 Å². The lowest BCUT2D eigenvalue weighted by Gasteiger charge is -2.42. The Bertz CT molecular complexity index is 1000. The summed E-state index contributed by atoms with van der Waals surface area (Å²) in [7, 11) is 0. The van der Waals surface area contributed by atoms with Gasteiger partial charge in [0.15, 0.2) is 6.17 Å². The van der Waals surface area contributed by atoms with E-state index < -0.39 is 12.3 Å². The first-order valence-corrected chi connectivity index (χ1v) is 9.52. The number of alkyl halides is 1. The first-order chi connectivity index (χ1) is 13.7. The summed E-state index contributed by atoms with van der Waals surface area (Å²) in [6.45, 7) is 0. The summed E-state index contributed by atoms with van der Waals surface area (Å²) in [6.07, 6.45) is 5.18. The minimum atomic E-state index is -1.05. The third-order valence-corrected chi connectivity index (χ3v) is 5.55. The molecule has 2 bridgehead atoms. The lowest BCUT2D eigenvalue weighted by Crippen LogP contribution is -2.59. The van der Waals surface area contributed by atoms with Gasteiger partial charge in [0.1, 0.15) is 11.9 Å². The number of phenols is 1. The van der Waals surface area contributed by atoms with E-state index in [0.717, 1.165) is 19.3 Å².